The monoisotopic (exact) mass is 849 g/mol. The Morgan fingerprint density at radius 1 is 0.837 bits per heavy atom. The standard InChI is InChI=1S/C23H21N2O.C20H26NSi.Ir/c1-15-9-10-19-18-7-4-8-20(22(18)26-23(19)25-15)21-14-17(11-12-24-21)13-16-5-2-3-6-16;1-22(2,3)20-15-21-19(17-11-5-4-6-12-17)14-18(20)13-16-9-7-8-10-16;/h4,7,9-12,14,16H,2-3,5-6,13H2,1H3;4-6,11,14-16H,7-10,13H2,1-3H3;/q2*-1;/i1D3,13D2;13D2;. The fraction of sp³-hybridized carbons (Fsp3) is 0.372. The van der Waals surface area contributed by atoms with Crippen LogP contribution in [0.25, 0.3) is 44.6 Å². The summed E-state index contributed by atoms with van der Waals surface area (Å²) in [7, 11) is -1.68. The Kier molecular flexibility index (Phi) is 8.70. The van der Waals surface area contributed by atoms with Crippen LogP contribution in [0.1, 0.15) is 77.8 Å². The molecule has 0 bridgehead atoms. The molecule has 0 atom stereocenters. The molecule has 4 heterocycles. The summed E-state index contributed by atoms with van der Waals surface area (Å²) in [4.78, 5) is 13.3. The summed E-state index contributed by atoms with van der Waals surface area (Å²) < 4.78 is 63.9. The summed E-state index contributed by atoms with van der Waals surface area (Å²) in [5.41, 5.74) is 5.16. The molecule has 0 aliphatic heterocycles. The van der Waals surface area contributed by atoms with Crippen molar-refractivity contribution in [3.05, 3.63) is 108 Å². The molecule has 0 N–H and O–H groups in total. The van der Waals surface area contributed by atoms with Gasteiger partial charge < -0.3 is 14.4 Å². The topological polar surface area (TPSA) is 51.8 Å². The molecule has 4 nitrogen and oxygen atoms in total. The Labute approximate surface area is 316 Å². The third kappa shape index (κ3) is 8.31. The van der Waals surface area contributed by atoms with Crippen molar-refractivity contribution in [3.63, 3.8) is 0 Å². The average molecular weight is 849 g/mol. The van der Waals surface area contributed by atoms with Gasteiger partial charge in [0.05, 0.1) is 13.7 Å². The number of furan rings is 1. The zero-order valence-electron chi connectivity index (χ0n) is 35.4. The molecule has 0 saturated heterocycles. The molecular formula is C43H47IrN3OSi-2. The first-order valence-electron chi connectivity index (χ1n) is 20.7. The van der Waals surface area contributed by atoms with E-state index in [4.69, 9.17) is 14.0 Å². The van der Waals surface area contributed by atoms with Crippen LogP contribution in [0.3, 0.4) is 0 Å². The number of aryl methyl sites for hydroxylation is 1. The van der Waals surface area contributed by atoms with Crippen LogP contribution in [0.2, 0.25) is 19.6 Å². The molecule has 6 heteroatoms. The minimum absolute atomic E-state index is 0. The molecule has 255 valence electrons. The minimum Gasteiger partial charge on any atom is -0.486 e. The third-order valence-corrected chi connectivity index (χ3v) is 11.5. The molecule has 0 unspecified atom stereocenters. The van der Waals surface area contributed by atoms with Gasteiger partial charge in [-0.25, -0.2) is 4.98 Å². The molecule has 2 saturated carbocycles. The fourth-order valence-corrected chi connectivity index (χ4v) is 8.34. The number of benzene rings is 2. The van der Waals surface area contributed by atoms with E-state index >= 15 is 0 Å². The van der Waals surface area contributed by atoms with Gasteiger partial charge in [-0.15, -0.1) is 54.1 Å². The minimum atomic E-state index is -2.32. The van der Waals surface area contributed by atoms with Crippen LogP contribution in [-0.4, -0.2) is 23.0 Å². The number of pyridine rings is 3. The van der Waals surface area contributed by atoms with E-state index in [1.54, 1.807) is 30.5 Å². The Balaban J connectivity index is 0.000000193. The smallest absolute Gasteiger partial charge is 0.216 e. The van der Waals surface area contributed by atoms with Gasteiger partial charge in [-0.05, 0) is 66.2 Å². The van der Waals surface area contributed by atoms with E-state index in [1.165, 1.54) is 6.07 Å². The van der Waals surface area contributed by atoms with Crippen molar-refractivity contribution in [2.24, 2.45) is 11.8 Å². The SMILES string of the molecule is [2H]C([2H])([2H])c1ccc2c(n1)oc1c(-c3cc(C([2H])([2H])C4CCCC4)ccn3)[c-]ccc12.[2H]C([2H])(c1cc(-c2[c-]cccc2)ncc1[Si](C)(C)C)C1CCCC1.[Ir]. The Morgan fingerprint density at radius 2 is 1.61 bits per heavy atom. The maximum atomic E-state index is 8.90. The van der Waals surface area contributed by atoms with E-state index in [1.807, 2.05) is 42.6 Å². The number of rotatable bonds is 7. The van der Waals surface area contributed by atoms with E-state index < -0.39 is 27.7 Å². The van der Waals surface area contributed by atoms with Gasteiger partial charge in [-0.3, -0.25) is 0 Å². The molecule has 4 aromatic heterocycles. The molecule has 8 rings (SSSR count). The molecular weight excluding hydrogens is 795 g/mol. The van der Waals surface area contributed by atoms with Crippen LogP contribution < -0.4 is 5.19 Å². The second-order valence-electron chi connectivity index (χ2n) is 14.1. The van der Waals surface area contributed by atoms with E-state index in [-0.39, 0.29) is 43.3 Å². The maximum Gasteiger partial charge on any atom is 0.216 e. The van der Waals surface area contributed by atoms with E-state index in [9.17, 15) is 0 Å². The fourth-order valence-electron chi connectivity index (χ4n) is 6.94. The quantitative estimate of drug-likeness (QED) is 0.119. The second-order valence-corrected chi connectivity index (χ2v) is 19.1. The molecule has 2 fully saturated rings. The zero-order chi connectivity index (χ0) is 39.2. The summed E-state index contributed by atoms with van der Waals surface area (Å²) >= 11 is 0. The average Bonchev–Trinajstić information content (AvgIpc) is 3.97. The Hall–Kier alpha value is -3.44. The largest absolute Gasteiger partial charge is 0.486 e. The molecule has 2 aliphatic rings. The number of hydrogen-bond donors (Lipinski definition) is 0. The first kappa shape index (κ1) is 27.3. The van der Waals surface area contributed by atoms with Crippen molar-refractivity contribution >= 4 is 35.3 Å². The molecule has 6 aromatic rings. The Morgan fingerprint density at radius 3 is 2.33 bits per heavy atom. The number of hydrogen-bond acceptors (Lipinski definition) is 4. The molecule has 2 aromatic carbocycles. The second kappa shape index (κ2) is 15.6. The molecule has 0 amide bonds. The predicted octanol–water partition coefficient (Wildman–Crippen LogP) is 10.7. The van der Waals surface area contributed by atoms with E-state index in [2.05, 4.69) is 46.7 Å². The molecule has 1 radical (unpaired) electrons. The van der Waals surface area contributed by atoms with Gasteiger partial charge in [0, 0.05) is 53.2 Å². The third-order valence-electron chi connectivity index (χ3n) is 9.45. The zero-order valence-corrected chi connectivity index (χ0v) is 31.8. The summed E-state index contributed by atoms with van der Waals surface area (Å²) in [6, 6.07) is 26.5. The van der Waals surface area contributed by atoms with Crippen LogP contribution in [0.4, 0.5) is 0 Å². The van der Waals surface area contributed by atoms with Gasteiger partial charge in [0.1, 0.15) is 0 Å². The van der Waals surface area contributed by atoms with Crippen LogP contribution in [0, 0.1) is 30.8 Å². The molecule has 49 heavy (non-hydrogen) atoms. The van der Waals surface area contributed by atoms with Crippen LogP contribution in [-0.2, 0) is 32.9 Å². The molecule has 2 aliphatic carbocycles. The van der Waals surface area contributed by atoms with Gasteiger partial charge in [0.25, 0.3) is 0 Å². The van der Waals surface area contributed by atoms with Crippen molar-refractivity contribution in [3.8, 4) is 22.5 Å². The first-order valence-corrected chi connectivity index (χ1v) is 20.7. The van der Waals surface area contributed by atoms with E-state index in [0.717, 1.165) is 84.1 Å². The van der Waals surface area contributed by atoms with Crippen molar-refractivity contribution in [2.75, 3.05) is 0 Å². The van der Waals surface area contributed by atoms with Crippen LogP contribution in [0.15, 0.2) is 83.5 Å². The van der Waals surface area contributed by atoms with Gasteiger partial charge in [0.2, 0.25) is 5.71 Å². The van der Waals surface area contributed by atoms with Gasteiger partial charge in [-0.2, -0.15) is 0 Å². The summed E-state index contributed by atoms with van der Waals surface area (Å²) in [6.45, 7) is 4.50. The number of aromatic nitrogens is 3. The maximum absolute atomic E-state index is 8.90. The van der Waals surface area contributed by atoms with Crippen molar-refractivity contribution in [1.82, 2.24) is 15.0 Å². The van der Waals surface area contributed by atoms with Gasteiger partial charge in [0.15, 0.2) is 0 Å². The van der Waals surface area contributed by atoms with Gasteiger partial charge in [-0.1, -0.05) is 105 Å². The van der Waals surface area contributed by atoms with Crippen molar-refractivity contribution in [1.29, 1.82) is 0 Å². The summed E-state index contributed by atoms with van der Waals surface area (Å²) in [5.74, 6) is 0.138. The van der Waals surface area contributed by atoms with Gasteiger partial charge >= 0.3 is 0 Å². The van der Waals surface area contributed by atoms with Crippen LogP contribution >= 0.6 is 0 Å². The Bertz CT molecular complexity index is 2300. The summed E-state index contributed by atoms with van der Waals surface area (Å²) in [5, 5.41) is 2.66. The molecule has 0 spiro atoms. The first-order chi connectivity index (χ1) is 26.0. The van der Waals surface area contributed by atoms with Crippen LogP contribution in [0.5, 0.6) is 0 Å². The number of fused-ring (bicyclic) bond motifs is 3. The normalized spacial score (nSPS) is 18.3. The van der Waals surface area contributed by atoms with Crippen molar-refractivity contribution < 1.29 is 34.1 Å². The number of nitrogens with zero attached hydrogens (tertiary/aromatic N) is 3. The van der Waals surface area contributed by atoms with Crippen molar-refractivity contribution in [2.45, 2.75) is 90.6 Å². The predicted molar refractivity (Wildman–Crippen MR) is 201 cm³/mol. The summed E-state index contributed by atoms with van der Waals surface area (Å²) in [6.07, 6.45) is 9.07. The van der Waals surface area contributed by atoms with E-state index in [0.29, 0.717) is 22.4 Å².